The van der Waals surface area contributed by atoms with Crippen LogP contribution in [0.3, 0.4) is 0 Å². The van der Waals surface area contributed by atoms with Crippen molar-refractivity contribution in [3.8, 4) is 0 Å². The van der Waals surface area contributed by atoms with Gasteiger partial charge in [-0.15, -0.1) is 0 Å². The maximum absolute atomic E-state index is 13.9. The largest absolute Gasteiger partial charge is 0.618 e. The minimum absolute atomic E-state index is 0.00135. The second-order valence-electron chi connectivity index (χ2n) is 13.0. The quantitative estimate of drug-likeness (QED) is 0.252. The molecule has 15 heteroatoms. The summed E-state index contributed by atoms with van der Waals surface area (Å²) in [4.78, 5) is 37.0. The fourth-order valence-corrected chi connectivity index (χ4v) is 8.80. The maximum Gasteiger partial charge on any atom is 0.404 e. The number of rotatable bonds is 8. The Morgan fingerprint density at radius 1 is 1.15 bits per heavy atom. The van der Waals surface area contributed by atoms with Gasteiger partial charge in [0.25, 0.3) is 0 Å². The summed E-state index contributed by atoms with van der Waals surface area (Å²) in [7, 11) is -2.82. The molecular weight excluding hydrogens is 616 g/mol. The third-order valence-electron chi connectivity index (χ3n) is 10.0. The van der Waals surface area contributed by atoms with Crippen molar-refractivity contribution in [1.82, 2.24) is 14.3 Å². The van der Waals surface area contributed by atoms with Crippen LogP contribution in [0.25, 0.3) is 0 Å². The number of ether oxygens (including phenoxy) is 3. The van der Waals surface area contributed by atoms with Gasteiger partial charge in [0.05, 0.1) is 23.5 Å². The van der Waals surface area contributed by atoms with E-state index in [-0.39, 0.29) is 53.1 Å². The maximum atomic E-state index is 13.9. The number of nitrogens with zero attached hydrogens (tertiary/aromatic N) is 5. The van der Waals surface area contributed by atoms with Crippen molar-refractivity contribution in [3.63, 3.8) is 0 Å². The van der Waals surface area contributed by atoms with Gasteiger partial charge in [-0.25, -0.2) is 18.2 Å². The number of pyridine rings is 1. The molecule has 248 valence electrons. The topological polar surface area (TPSA) is 167 Å². The number of esters is 1. The van der Waals surface area contributed by atoms with E-state index in [1.165, 1.54) is 10.4 Å². The average Bonchev–Trinajstić information content (AvgIpc) is 3.84. The lowest BCUT2D eigenvalue weighted by Crippen LogP contribution is -2.45. The molecule has 0 aromatic carbocycles. The summed E-state index contributed by atoms with van der Waals surface area (Å²) >= 11 is 0. The summed E-state index contributed by atoms with van der Waals surface area (Å²) in [5.41, 5.74) is -0.00945. The van der Waals surface area contributed by atoms with Gasteiger partial charge in [-0.05, 0) is 70.6 Å². The van der Waals surface area contributed by atoms with Crippen molar-refractivity contribution >= 4 is 33.7 Å². The van der Waals surface area contributed by atoms with Crippen molar-refractivity contribution in [2.45, 2.75) is 105 Å². The smallest absolute Gasteiger partial charge is 0.404 e. The van der Waals surface area contributed by atoms with Gasteiger partial charge >= 0.3 is 11.7 Å². The highest BCUT2D eigenvalue weighted by atomic mass is 32.2. The summed E-state index contributed by atoms with van der Waals surface area (Å²) in [6.07, 6.45) is 11.9. The molecule has 2 aromatic heterocycles. The molecule has 3 aliphatic heterocycles. The molecule has 3 atom stereocenters. The molecule has 2 saturated carbocycles. The minimum atomic E-state index is -3.94. The van der Waals surface area contributed by atoms with Gasteiger partial charge in [0.2, 0.25) is 21.9 Å². The van der Waals surface area contributed by atoms with Crippen LogP contribution in [0.5, 0.6) is 0 Å². The molecule has 1 unspecified atom stereocenters. The molecule has 1 N–H and O–H groups in total. The molecule has 1 spiro atoms. The van der Waals surface area contributed by atoms with Gasteiger partial charge in [-0.3, -0.25) is 9.69 Å². The summed E-state index contributed by atoms with van der Waals surface area (Å²) in [5.74, 6) is 0.301. The first-order valence-corrected chi connectivity index (χ1v) is 17.7. The van der Waals surface area contributed by atoms with Crippen LogP contribution in [-0.2, 0) is 34.4 Å². The van der Waals surface area contributed by atoms with Gasteiger partial charge in [0.1, 0.15) is 5.82 Å². The lowest BCUT2D eigenvalue weighted by Gasteiger charge is -2.37. The van der Waals surface area contributed by atoms with Crippen LogP contribution in [0.2, 0.25) is 0 Å². The average molecular weight is 657 g/mol. The number of nitrogens with one attached hydrogen (secondary N) is 1. The van der Waals surface area contributed by atoms with E-state index < -0.39 is 27.1 Å². The lowest BCUT2D eigenvalue weighted by molar-refractivity contribution is -0.608. The lowest BCUT2D eigenvalue weighted by atomic mass is 9.91. The highest BCUT2D eigenvalue weighted by molar-refractivity contribution is 7.89. The first kappa shape index (κ1) is 31.2. The number of carbonyl (C=O) groups excluding carboxylic acids is 2. The predicted octanol–water partition coefficient (Wildman–Crippen LogP) is 2.39. The molecule has 0 radical (unpaired) electrons. The van der Waals surface area contributed by atoms with E-state index in [9.17, 15) is 23.2 Å². The zero-order valence-electron chi connectivity index (χ0n) is 25.9. The Labute approximate surface area is 268 Å². The second-order valence-corrected chi connectivity index (χ2v) is 14.9. The van der Waals surface area contributed by atoms with E-state index in [0.717, 1.165) is 89.3 Å². The van der Waals surface area contributed by atoms with E-state index in [2.05, 4.69) is 15.0 Å². The Hall–Kier alpha value is -3.40. The Balaban J connectivity index is 1.02. The molecule has 2 saturated heterocycles. The predicted molar refractivity (Wildman–Crippen MR) is 163 cm³/mol. The zero-order valence-corrected chi connectivity index (χ0v) is 26.7. The highest BCUT2D eigenvalue weighted by Gasteiger charge is 2.61. The van der Waals surface area contributed by atoms with E-state index in [1.807, 2.05) is 4.90 Å². The van der Waals surface area contributed by atoms with Gasteiger partial charge in [-0.2, -0.15) is 14.0 Å². The standard InChI is InChI=1S/C31H40N6O8S/c1-43-28(38)25-18-23(10-15-36(25)40)46(41,42)35-13-8-20(9-14-35)33-30-32-19-24-27(34-30)37(29(39)31(24)11-12-31)21-5-4-6-22(17-21)45-26-7-2-3-16-44-26/h10,15,18-22,26H,2-9,11-14,16-17H2,1H3,(H,32,33,34)/t21-,22-,26?/m1/s1. The number of amides is 1. The third kappa shape index (κ3) is 5.71. The number of carbonyl (C=O) groups is 2. The van der Waals surface area contributed by atoms with Gasteiger partial charge in [0.15, 0.2) is 12.5 Å². The van der Waals surface area contributed by atoms with E-state index >= 15 is 0 Å². The first-order chi connectivity index (χ1) is 22.2. The number of aromatic nitrogens is 3. The number of piperidine rings is 1. The normalized spacial score (nSPS) is 26.6. The van der Waals surface area contributed by atoms with Crippen LogP contribution in [-0.4, -0.2) is 85.9 Å². The van der Waals surface area contributed by atoms with Crippen molar-refractivity contribution < 1.29 is 36.9 Å². The Morgan fingerprint density at radius 3 is 2.67 bits per heavy atom. The fourth-order valence-electron chi connectivity index (χ4n) is 7.32. The molecule has 4 fully saturated rings. The highest BCUT2D eigenvalue weighted by Crippen LogP contribution is 2.57. The summed E-state index contributed by atoms with van der Waals surface area (Å²) < 4.78 is 45.1. The molecule has 2 aromatic rings. The molecule has 14 nitrogen and oxygen atoms in total. The van der Waals surface area contributed by atoms with Crippen molar-refractivity contribution in [1.29, 1.82) is 0 Å². The summed E-state index contributed by atoms with van der Waals surface area (Å²) in [5, 5.41) is 15.4. The van der Waals surface area contributed by atoms with Crippen LogP contribution >= 0.6 is 0 Å². The van der Waals surface area contributed by atoms with Gasteiger partial charge in [0, 0.05) is 55.7 Å². The molecule has 7 rings (SSSR count). The SMILES string of the molecule is COC(=O)c1cc(S(=O)(=O)N2CCC(Nc3ncc4c(n3)N([C@@H]3CCC[C@@H](OC5CCCCO5)C3)C(=O)C43CC3)CC2)cc[n+]1[O-]. The number of hydrogen-bond acceptors (Lipinski definition) is 11. The second kappa shape index (κ2) is 12.3. The van der Waals surface area contributed by atoms with Crippen molar-refractivity contribution in [2.24, 2.45) is 0 Å². The summed E-state index contributed by atoms with van der Waals surface area (Å²) in [6, 6.07) is 2.14. The fraction of sp³-hybridized carbons (Fsp3) is 0.645. The number of fused-ring (bicyclic) bond motifs is 2. The number of methoxy groups -OCH3 is 1. The van der Waals surface area contributed by atoms with Crippen LogP contribution in [0.1, 0.15) is 86.7 Å². The molecule has 5 aliphatic rings. The molecule has 0 bridgehead atoms. The minimum Gasteiger partial charge on any atom is -0.618 e. The third-order valence-corrected chi connectivity index (χ3v) is 11.9. The van der Waals surface area contributed by atoms with Crippen LogP contribution in [0.15, 0.2) is 29.4 Å². The Kier molecular flexibility index (Phi) is 8.36. The van der Waals surface area contributed by atoms with Crippen LogP contribution in [0, 0.1) is 5.21 Å². The number of sulfonamides is 1. The molecule has 2 aliphatic carbocycles. The number of anilines is 2. The van der Waals surface area contributed by atoms with Gasteiger partial charge < -0.3 is 24.7 Å². The molecular formula is C31H40N6O8S. The molecule has 1 amide bonds. The van der Waals surface area contributed by atoms with Crippen LogP contribution in [0.4, 0.5) is 11.8 Å². The van der Waals surface area contributed by atoms with E-state index in [0.29, 0.717) is 24.6 Å². The van der Waals surface area contributed by atoms with E-state index in [1.54, 1.807) is 6.20 Å². The Bertz CT molecular complexity index is 1600. The zero-order chi connectivity index (χ0) is 32.1. The van der Waals surface area contributed by atoms with Crippen molar-refractivity contribution in [3.05, 3.63) is 41.0 Å². The van der Waals surface area contributed by atoms with E-state index in [4.69, 9.17) is 14.5 Å². The number of hydrogen-bond donors (Lipinski definition) is 1. The first-order valence-electron chi connectivity index (χ1n) is 16.3. The molecule has 5 heterocycles. The van der Waals surface area contributed by atoms with Gasteiger partial charge in [-0.1, -0.05) is 0 Å². The van der Waals surface area contributed by atoms with Crippen LogP contribution < -0.4 is 14.9 Å². The molecule has 46 heavy (non-hydrogen) atoms. The monoisotopic (exact) mass is 656 g/mol. The summed E-state index contributed by atoms with van der Waals surface area (Å²) in [6.45, 7) is 1.19. The van der Waals surface area contributed by atoms with Crippen molar-refractivity contribution in [2.75, 3.05) is 37.0 Å². The Morgan fingerprint density at radius 2 is 1.96 bits per heavy atom.